The van der Waals surface area contributed by atoms with Crippen molar-refractivity contribution in [2.45, 2.75) is 20.8 Å². The van der Waals surface area contributed by atoms with Crippen LogP contribution in [-0.2, 0) is 0 Å². The topological polar surface area (TPSA) is 43.1 Å². The second kappa shape index (κ2) is 3.80. The number of aromatic nitrogens is 4. The maximum Gasteiger partial charge on any atom is 0.158 e. The highest BCUT2D eigenvalue weighted by Gasteiger charge is 1.95. The van der Waals surface area contributed by atoms with Gasteiger partial charge in [0.2, 0.25) is 0 Å². The first kappa shape index (κ1) is 8.64. The van der Waals surface area contributed by atoms with Crippen molar-refractivity contribution >= 4 is 5.65 Å². The summed E-state index contributed by atoms with van der Waals surface area (Å²) in [5, 5.41) is 3.96. The molecule has 0 aliphatic rings. The molecule has 4 nitrogen and oxygen atoms in total. The zero-order valence-electron chi connectivity index (χ0n) is 7.52. The highest BCUT2D eigenvalue weighted by atomic mass is 15.3. The third-order valence-electron chi connectivity index (χ3n) is 1.37. The van der Waals surface area contributed by atoms with Crippen LogP contribution in [0.3, 0.4) is 0 Å². The number of rotatable bonds is 0. The fraction of sp³-hybridized carbons (Fsp3) is 0.375. The summed E-state index contributed by atoms with van der Waals surface area (Å²) in [5.41, 5.74) is 0.840. The van der Waals surface area contributed by atoms with E-state index in [1.165, 1.54) is 6.33 Å². The summed E-state index contributed by atoms with van der Waals surface area (Å²) >= 11 is 0. The van der Waals surface area contributed by atoms with Crippen LogP contribution in [0.25, 0.3) is 5.65 Å². The van der Waals surface area contributed by atoms with E-state index in [1.54, 1.807) is 10.7 Å². The van der Waals surface area contributed by atoms with Crippen LogP contribution in [0.4, 0.5) is 0 Å². The van der Waals surface area contributed by atoms with E-state index in [-0.39, 0.29) is 0 Å². The Morgan fingerprint density at radius 1 is 1.25 bits per heavy atom. The molecule has 2 heterocycles. The Bertz CT molecular complexity index is 353. The van der Waals surface area contributed by atoms with E-state index in [1.807, 2.05) is 26.8 Å². The second-order valence-electron chi connectivity index (χ2n) is 2.02. The lowest BCUT2D eigenvalue weighted by molar-refractivity contribution is 0.863. The van der Waals surface area contributed by atoms with E-state index in [9.17, 15) is 0 Å². The molecule has 2 aromatic rings. The Morgan fingerprint density at radius 2 is 2.00 bits per heavy atom. The third kappa shape index (κ3) is 1.42. The summed E-state index contributed by atoms with van der Waals surface area (Å²) in [7, 11) is 0. The Labute approximate surface area is 71.3 Å². The van der Waals surface area contributed by atoms with Crippen LogP contribution < -0.4 is 0 Å². The van der Waals surface area contributed by atoms with Crippen molar-refractivity contribution in [1.29, 1.82) is 0 Å². The Hall–Kier alpha value is -1.45. The molecule has 0 aliphatic carbocycles. The SMILES string of the molecule is CC.Cc1nccc2ncnn12. The van der Waals surface area contributed by atoms with Gasteiger partial charge in [0, 0.05) is 12.3 Å². The molecule has 4 heteroatoms. The number of fused-ring (bicyclic) bond motifs is 1. The van der Waals surface area contributed by atoms with Crippen molar-refractivity contribution in [3.8, 4) is 0 Å². The van der Waals surface area contributed by atoms with Gasteiger partial charge in [-0.25, -0.2) is 9.97 Å². The molecule has 0 aromatic carbocycles. The normalized spacial score (nSPS) is 9.25. The van der Waals surface area contributed by atoms with Gasteiger partial charge in [0.05, 0.1) is 0 Å². The molecule has 0 radical (unpaired) electrons. The molecule has 2 aromatic heterocycles. The summed E-state index contributed by atoms with van der Waals surface area (Å²) in [4.78, 5) is 8.03. The highest BCUT2D eigenvalue weighted by molar-refractivity contribution is 5.34. The zero-order valence-corrected chi connectivity index (χ0v) is 7.52. The summed E-state index contributed by atoms with van der Waals surface area (Å²) in [6, 6.07) is 1.82. The molecule has 0 bridgehead atoms. The number of hydrogen-bond donors (Lipinski definition) is 0. The first-order valence-electron chi connectivity index (χ1n) is 3.99. The Kier molecular flexibility index (Phi) is 2.74. The van der Waals surface area contributed by atoms with E-state index < -0.39 is 0 Å². The first-order chi connectivity index (χ1) is 5.88. The van der Waals surface area contributed by atoms with Crippen LogP contribution in [0.5, 0.6) is 0 Å². The van der Waals surface area contributed by atoms with Crippen molar-refractivity contribution in [3.05, 3.63) is 24.4 Å². The molecule has 0 amide bonds. The van der Waals surface area contributed by atoms with Crippen LogP contribution in [0.15, 0.2) is 18.6 Å². The lowest BCUT2D eigenvalue weighted by atomic mass is 10.6. The van der Waals surface area contributed by atoms with Crippen LogP contribution in [0.1, 0.15) is 19.7 Å². The predicted molar refractivity (Wildman–Crippen MR) is 46.9 cm³/mol. The average Bonchev–Trinajstić information content (AvgIpc) is 2.57. The lowest BCUT2D eigenvalue weighted by Crippen LogP contribution is -1.94. The molecular weight excluding hydrogens is 152 g/mol. The molecule has 0 spiro atoms. The van der Waals surface area contributed by atoms with E-state index in [2.05, 4.69) is 15.1 Å². The zero-order chi connectivity index (χ0) is 8.97. The van der Waals surface area contributed by atoms with Crippen molar-refractivity contribution in [2.24, 2.45) is 0 Å². The number of aryl methyl sites for hydroxylation is 1. The molecule has 0 atom stereocenters. The van der Waals surface area contributed by atoms with Gasteiger partial charge in [0.1, 0.15) is 12.2 Å². The van der Waals surface area contributed by atoms with Gasteiger partial charge >= 0.3 is 0 Å². The van der Waals surface area contributed by atoms with Crippen LogP contribution in [0, 0.1) is 6.92 Å². The number of nitrogens with zero attached hydrogens (tertiary/aromatic N) is 4. The van der Waals surface area contributed by atoms with Gasteiger partial charge in [-0.05, 0) is 6.92 Å². The molecular formula is C8H12N4. The molecule has 0 fully saturated rings. The van der Waals surface area contributed by atoms with E-state index >= 15 is 0 Å². The summed E-state index contributed by atoms with van der Waals surface area (Å²) in [6.07, 6.45) is 3.24. The van der Waals surface area contributed by atoms with Gasteiger partial charge in [0.25, 0.3) is 0 Å². The minimum atomic E-state index is 0.840. The summed E-state index contributed by atoms with van der Waals surface area (Å²) < 4.78 is 1.69. The largest absolute Gasteiger partial charge is 0.241 e. The summed E-state index contributed by atoms with van der Waals surface area (Å²) in [5.74, 6) is 0.856. The smallest absolute Gasteiger partial charge is 0.158 e. The second-order valence-corrected chi connectivity index (χ2v) is 2.02. The van der Waals surface area contributed by atoms with Crippen molar-refractivity contribution < 1.29 is 0 Å². The summed E-state index contributed by atoms with van der Waals surface area (Å²) in [6.45, 7) is 5.89. The Balaban J connectivity index is 0.000000336. The fourth-order valence-corrected chi connectivity index (χ4v) is 0.880. The van der Waals surface area contributed by atoms with E-state index in [0.29, 0.717) is 0 Å². The van der Waals surface area contributed by atoms with Gasteiger partial charge < -0.3 is 0 Å². The van der Waals surface area contributed by atoms with Gasteiger partial charge in [-0.15, -0.1) is 0 Å². The molecule has 0 saturated carbocycles. The highest BCUT2D eigenvalue weighted by Crippen LogP contribution is 1.96. The van der Waals surface area contributed by atoms with Crippen molar-refractivity contribution in [2.75, 3.05) is 0 Å². The minimum absolute atomic E-state index is 0.840. The van der Waals surface area contributed by atoms with Gasteiger partial charge in [-0.1, -0.05) is 13.8 Å². The van der Waals surface area contributed by atoms with E-state index in [0.717, 1.165) is 11.5 Å². The molecule has 12 heavy (non-hydrogen) atoms. The molecule has 0 N–H and O–H groups in total. The van der Waals surface area contributed by atoms with Crippen LogP contribution >= 0.6 is 0 Å². The first-order valence-corrected chi connectivity index (χ1v) is 3.99. The minimum Gasteiger partial charge on any atom is -0.241 e. The fourth-order valence-electron chi connectivity index (χ4n) is 0.880. The van der Waals surface area contributed by atoms with Gasteiger partial charge in [-0.2, -0.15) is 9.61 Å². The maximum absolute atomic E-state index is 4.04. The number of hydrogen-bond acceptors (Lipinski definition) is 3. The molecule has 0 saturated heterocycles. The van der Waals surface area contributed by atoms with Crippen molar-refractivity contribution in [1.82, 2.24) is 19.6 Å². The average molecular weight is 164 g/mol. The maximum atomic E-state index is 4.04. The monoisotopic (exact) mass is 164 g/mol. The van der Waals surface area contributed by atoms with Gasteiger partial charge in [-0.3, -0.25) is 0 Å². The molecule has 64 valence electrons. The molecule has 2 rings (SSSR count). The van der Waals surface area contributed by atoms with Crippen LogP contribution in [-0.4, -0.2) is 19.6 Å². The Morgan fingerprint density at radius 3 is 2.67 bits per heavy atom. The predicted octanol–water partition coefficient (Wildman–Crippen LogP) is 1.46. The quantitative estimate of drug-likeness (QED) is 0.592. The lowest BCUT2D eigenvalue weighted by Gasteiger charge is -1.92. The third-order valence-corrected chi connectivity index (χ3v) is 1.37. The molecule has 0 aliphatic heterocycles. The standard InChI is InChI=1S/C6H6N4.C2H6/c1-5-7-3-2-6-8-4-9-10(5)6;1-2/h2-4H,1H3;1-2H3. The molecule has 0 unspecified atom stereocenters. The van der Waals surface area contributed by atoms with Crippen molar-refractivity contribution in [3.63, 3.8) is 0 Å². The van der Waals surface area contributed by atoms with E-state index in [4.69, 9.17) is 0 Å². The van der Waals surface area contributed by atoms with Crippen LogP contribution in [0.2, 0.25) is 0 Å². The van der Waals surface area contributed by atoms with Gasteiger partial charge in [0.15, 0.2) is 5.65 Å².